The minimum absolute atomic E-state index is 0.208. The molecule has 0 atom stereocenters. The molecule has 31 heavy (non-hydrogen) atoms. The second kappa shape index (κ2) is 8.20. The number of halogens is 1. The van der Waals surface area contributed by atoms with Gasteiger partial charge in [0.1, 0.15) is 11.3 Å². The molecule has 0 saturated heterocycles. The lowest BCUT2D eigenvalue weighted by Crippen LogP contribution is -2.08. The molecule has 7 nitrogen and oxygen atoms in total. The lowest BCUT2D eigenvalue weighted by atomic mass is 10.0. The van der Waals surface area contributed by atoms with Crippen LogP contribution in [0.3, 0.4) is 0 Å². The van der Waals surface area contributed by atoms with Crippen LogP contribution in [0.5, 0.6) is 23.0 Å². The van der Waals surface area contributed by atoms with Gasteiger partial charge in [-0.3, -0.25) is 0 Å². The summed E-state index contributed by atoms with van der Waals surface area (Å²) in [6, 6.07) is 12.7. The Morgan fingerprint density at radius 3 is 2.35 bits per heavy atom. The zero-order valence-corrected chi connectivity index (χ0v) is 17.6. The third kappa shape index (κ3) is 3.64. The van der Waals surface area contributed by atoms with Gasteiger partial charge in [-0.1, -0.05) is 17.7 Å². The van der Waals surface area contributed by atoms with Gasteiger partial charge >= 0.3 is 11.6 Å². The number of carbonyl (C=O) groups excluding carboxylic acids is 1. The lowest BCUT2D eigenvalue weighted by molar-refractivity contribution is 0.0735. The Labute approximate surface area is 181 Å². The number of hydrogen-bond donors (Lipinski definition) is 0. The second-order valence-electron chi connectivity index (χ2n) is 6.52. The molecule has 0 aliphatic carbocycles. The van der Waals surface area contributed by atoms with Gasteiger partial charge in [-0.15, -0.1) is 0 Å². The van der Waals surface area contributed by atoms with Crippen LogP contribution in [0.2, 0.25) is 5.02 Å². The summed E-state index contributed by atoms with van der Waals surface area (Å²) >= 11 is 5.93. The molecule has 4 aromatic rings. The molecule has 4 rings (SSSR count). The molecule has 0 bridgehead atoms. The fourth-order valence-electron chi connectivity index (χ4n) is 3.38. The van der Waals surface area contributed by atoms with E-state index >= 15 is 0 Å². The summed E-state index contributed by atoms with van der Waals surface area (Å²) in [7, 11) is 4.41. The van der Waals surface area contributed by atoms with Gasteiger partial charge in [0.25, 0.3) is 0 Å². The van der Waals surface area contributed by atoms with Crippen molar-refractivity contribution in [3.8, 4) is 23.0 Å². The zero-order chi connectivity index (χ0) is 22.1. The molecule has 0 saturated carbocycles. The minimum atomic E-state index is -0.597. The molecular weight excluding hydrogens is 424 g/mol. The molecule has 0 unspecified atom stereocenters. The Bertz CT molecular complexity index is 1370. The zero-order valence-electron chi connectivity index (χ0n) is 16.9. The molecule has 1 heterocycles. The predicted molar refractivity (Wildman–Crippen MR) is 116 cm³/mol. The summed E-state index contributed by atoms with van der Waals surface area (Å²) in [5, 5.41) is 1.77. The predicted octanol–water partition coefficient (Wildman–Crippen LogP) is 4.84. The van der Waals surface area contributed by atoms with Crippen LogP contribution in [0.15, 0.2) is 57.7 Å². The number of hydrogen-bond acceptors (Lipinski definition) is 7. The van der Waals surface area contributed by atoms with Crippen molar-refractivity contribution < 1.29 is 28.2 Å². The lowest BCUT2D eigenvalue weighted by Gasteiger charge is -2.15. The highest BCUT2D eigenvalue weighted by Crippen LogP contribution is 2.45. The van der Waals surface area contributed by atoms with E-state index in [1.165, 1.54) is 39.5 Å². The first kappa shape index (κ1) is 20.6. The number of benzene rings is 3. The molecule has 0 radical (unpaired) electrons. The van der Waals surface area contributed by atoms with Gasteiger partial charge in [0.05, 0.1) is 32.3 Å². The van der Waals surface area contributed by atoms with Crippen molar-refractivity contribution in [3.63, 3.8) is 0 Å². The largest absolute Gasteiger partial charge is 0.493 e. The van der Waals surface area contributed by atoms with Crippen LogP contribution < -0.4 is 24.6 Å². The molecule has 0 amide bonds. The number of esters is 1. The van der Waals surface area contributed by atoms with Crippen LogP contribution >= 0.6 is 11.6 Å². The Balaban J connectivity index is 1.87. The Kier molecular flexibility index (Phi) is 5.44. The van der Waals surface area contributed by atoms with E-state index in [0.717, 1.165) is 0 Å². The van der Waals surface area contributed by atoms with E-state index in [1.54, 1.807) is 30.3 Å². The summed E-state index contributed by atoms with van der Waals surface area (Å²) in [6.07, 6.45) is 0. The third-order valence-electron chi connectivity index (χ3n) is 4.75. The number of methoxy groups -OCH3 is 3. The maximum absolute atomic E-state index is 12.7. The van der Waals surface area contributed by atoms with Crippen LogP contribution in [-0.2, 0) is 0 Å². The van der Waals surface area contributed by atoms with Gasteiger partial charge in [0.2, 0.25) is 5.75 Å². The molecular formula is C23H17ClO7. The topological polar surface area (TPSA) is 84.2 Å². The van der Waals surface area contributed by atoms with Crippen LogP contribution in [0, 0.1) is 0 Å². The maximum Gasteiger partial charge on any atom is 0.344 e. The molecule has 0 spiro atoms. The van der Waals surface area contributed by atoms with Crippen molar-refractivity contribution in [2.24, 2.45) is 0 Å². The van der Waals surface area contributed by atoms with Gasteiger partial charge in [0.15, 0.2) is 11.5 Å². The Morgan fingerprint density at radius 1 is 0.903 bits per heavy atom. The second-order valence-corrected chi connectivity index (χ2v) is 6.95. The number of fused-ring (bicyclic) bond motifs is 3. The van der Waals surface area contributed by atoms with Crippen molar-refractivity contribution in [2.75, 3.05) is 21.3 Å². The van der Waals surface area contributed by atoms with E-state index in [2.05, 4.69) is 0 Å². The first-order valence-electron chi connectivity index (χ1n) is 9.14. The van der Waals surface area contributed by atoms with E-state index in [-0.39, 0.29) is 16.7 Å². The molecule has 8 heteroatoms. The summed E-state index contributed by atoms with van der Waals surface area (Å²) < 4.78 is 27.2. The SMILES string of the molecule is COc1cc2c(=O)oc3cc(OC(=O)c4cccc(Cl)c4)ccc3c2c(OC)c1OC. The Morgan fingerprint density at radius 2 is 1.68 bits per heavy atom. The molecule has 0 aliphatic heterocycles. The van der Waals surface area contributed by atoms with Gasteiger partial charge in [-0.25, -0.2) is 9.59 Å². The highest BCUT2D eigenvalue weighted by atomic mass is 35.5. The fourth-order valence-corrected chi connectivity index (χ4v) is 3.57. The van der Waals surface area contributed by atoms with E-state index in [0.29, 0.717) is 38.6 Å². The van der Waals surface area contributed by atoms with Crippen molar-refractivity contribution >= 4 is 39.3 Å². The number of rotatable bonds is 5. The summed E-state index contributed by atoms with van der Waals surface area (Å²) in [5.74, 6) is 0.637. The van der Waals surface area contributed by atoms with Crippen molar-refractivity contribution in [3.05, 3.63) is 69.5 Å². The summed E-state index contributed by atoms with van der Waals surface area (Å²) in [4.78, 5) is 25.1. The third-order valence-corrected chi connectivity index (χ3v) is 4.98. The van der Waals surface area contributed by atoms with Crippen LogP contribution in [0.4, 0.5) is 0 Å². The average Bonchev–Trinajstić information content (AvgIpc) is 2.77. The molecule has 0 fully saturated rings. The first-order chi connectivity index (χ1) is 15.0. The van der Waals surface area contributed by atoms with Gasteiger partial charge < -0.3 is 23.4 Å². The number of carbonyl (C=O) groups is 1. The quantitative estimate of drug-likeness (QED) is 0.190. The van der Waals surface area contributed by atoms with Crippen LogP contribution in [0.1, 0.15) is 10.4 Å². The van der Waals surface area contributed by atoms with Gasteiger partial charge in [-0.2, -0.15) is 0 Å². The molecule has 3 aromatic carbocycles. The summed E-state index contributed by atoms with van der Waals surface area (Å²) in [6.45, 7) is 0. The highest BCUT2D eigenvalue weighted by Gasteiger charge is 2.21. The fraction of sp³-hybridized carbons (Fsp3) is 0.130. The summed E-state index contributed by atoms with van der Waals surface area (Å²) in [5.41, 5.74) is -0.0782. The minimum Gasteiger partial charge on any atom is -0.493 e. The van der Waals surface area contributed by atoms with Gasteiger partial charge in [0, 0.05) is 21.9 Å². The maximum atomic E-state index is 12.7. The monoisotopic (exact) mass is 440 g/mol. The smallest absolute Gasteiger partial charge is 0.344 e. The first-order valence-corrected chi connectivity index (χ1v) is 9.52. The van der Waals surface area contributed by atoms with Gasteiger partial charge in [-0.05, 0) is 36.4 Å². The van der Waals surface area contributed by atoms with Crippen molar-refractivity contribution in [1.82, 2.24) is 0 Å². The highest BCUT2D eigenvalue weighted by molar-refractivity contribution is 6.30. The normalized spacial score (nSPS) is 10.8. The number of ether oxygens (including phenoxy) is 4. The molecule has 1 aromatic heterocycles. The Hall–Kier alpha value is -3.71. The molecule has 158 valence electrons. The molecule has 0 aliphatic rings. The van der Waals surface area contributed by atoms with Crippen LogP contribution in [0.25, 0.3) is 21.7 Å². The van der Waals surface area contributed by atoms with Crippen molar-refractivity contribution in [2.45, 2.75) is 0 Å². The standard InChI is InChI=1S/C23H17ClO7/c1-27-18-11-16-19(21(29-3)20(18)28-2)15-8-7-14(10-17(15)31-23(16)26)30-22(25)12-5-4-6-13(24)9-12/h4-11H,1-3H3. The van der Waals surface area contributed by atoms with E-state index in [4.69, 9.17) is 35.0 Å². The molecule has 0 N–H and O–H groups in total. The van der Waals surface area contributed by atoms with Crippen molar-refractivity contribution in [1.29, 1.82) is 0 Å². The van der Waals surface area contributed by atoms with E-state index < -0.39 is 11.6 Å². The average molecular weight is 441 g/mol. The van der Waals surface area contributed by atoms with Crippen LogP contribution in [-0.4, -0.2) is 27.3 Å². The van der Waals surface area contributed by atoms with E-state index in [9.17, 15) is 9.59 Å². The van der Waals surface area contributed by atoms with E-state index in [1.807, 2.05) is 0 Å².